The largest absolute Gasteiger partial charge is 0.396 e. The molecule has 96 valence electrons. The Morgan fingerprint density at radius 3 is 2.19 bits per heavy atom. The van der Waals surface area contributed by atoms with Crippen LogP contribution >= 0.6 is 0 Å². The molecule has 5 heteroatoms. The van der Waals surface area contributed by atoms with E-state index in [1.165, 1.54) is 0 Å². The van der Waals surface area contributed by atoms with Crippen LogP contribution < -0.4 is 5.32 Å². The number of aliphatic hydroxyl groups is 1. The van der Waals surface area contributed by atoms with Crippen molar-refractivity contribution in [3.63, 3.8) is 0 Å². The highest BCUT2D eigenvalue weighted by molar-refractivity contribution is 5.91. The maximum absolute atomic E-state index is 10.7. The van der Waals surface area contributed by atoms with E-state index in [4.69, 9.17) is 5.11 Å². The number of hydrogen-bond donors (Lipinski definition) is 2. The molecular weight excluding hydrogens is 210 g/mol. The Bertz CT molecular complexity index is 190. The van der Waals surface area contributed by atoms with E-state index in [9.17, 15) is 4.79 Å². The summed E-state index contributed by atoms with van der Waals surface area (Å²) in [6.07, 6.45) is 0.531. The van der Waals surface area contributed by atoms with E-state index in [1.54, 1.807) is 21.1 Å². The summed E-state index contributed by atoms with van der Waals surface area (Å²) < 4.78 is 9.35. The van der Waals surface area contributed by atoms with Gasteiger partial charge >= 0.3 is 0 Å². The predicted molar refractivity (Wildman–Crippen MR) is 63.0 cm³/mol. The summed E-state index contributed by atoms with van der Waals surface area (Å²) in [4.78, 5) is 10.7. The third kappa shape index (κ3) is 13.1. The summed E-state index contributed by atoms with van der Waals surface area (Å²) >= 11 is 0. The van der Waals surface area contributed by atoms with Crippen molar-refractivity contribution in [1.82, 2.24) is 5.32 Å². The second-order valence-electron chi connectivity index (χ2n) is 3.15. The summed E-state index contributed by atoms with van der Waals surface area (Å²) in [5.74, 6) is -0.145. The Morgan fingerprint density at radius 2 is 1.94 bits per heavy atom. The van der Waals surface area contributed by atoms with E-state index in [0.717, 1.165) is 0 Å². The fraction of sp³-hybridized carbons (Fsp3) is 0.727. The molecular formula is C11H23NO4. The molecule has 0 saturated heterocycles. The zero-order valence-electron chi connectivity index (χ0n) is 10.6. The van der Waals surface area contributed by atoms with Crippen molar-refractivity contribution in [2.75, 3.05) is 27.4 Å². The molecule has 0 aliphatic carbocycles. The van der Waals surface area contributed by atoms with Gasteiger partial charge in [-0.15, -0.1) is 0 Å². The van der Waals surface area contributed by atoms with Gasteiger partial charge in [-0.1, -0.05) is 6.58 Å². The normalized spacial score (nSPS) is 9.38. The van der Waals surface area contributed by atoms with Gasteiger partial charge in [-0.2, -0.15) is 0 Å². The molecule has 2 N–H and O–H groups in total. The molecule has 0 atom stereocenters. The summed E-state index contributed by atoms with van der Waals surface area (Å²) in [5.41, 5.74) is 0.498. The lowest BCUT2D eigenvalue weighted by Crippen LogP contribution is -2.25. The zero-order chi connectivity index (χ0) is 13.0. The lowest BCUT2D eigenvalue weighted by Gasteiger charge is -2.03. The second-order valence-corrected chi connectivity index (χ2v) is 3.15. The molecule has 0 bridgehead atoms. The van der Waals surface area contributed by atoms with Crippen LogP contribution in [-0.4, -0.2) is 44.7 Å². The molecule has 0 fully saturated rings. The van der Waals surface area contributed by atoms with Crippen LogP contribution in [0.4, 0.5) is 0 Å². The first-order valence-electron chi connectivity index (χ1n) is 5.09. The standard InChI is InChI=1S/C7H13NO2.C4H10O2/c1-6(2)7(10)8-4-3-5-9;1-4(5-2)6-3/h9H,1,3-5H2,2H3,(H,8,10);4H,1-3H3. The average Bonchev–Trinajstić information content (AvgIpc) is 2.28. The number of rotatable bonds is 6. The highest BCUT2D eigenvalue weighted by Crippen LogP contribution is 1.85. The van der Waals surface area contributed by atoms with E-state index in [1.807, 2.05) is 6.92 Å². The van der Waals surface area contributed by atoms with Gasteiger partial charge < -0.3 is 19.9 Å². The number of methoxy groups -OCH3 is 2. The SMILES string of the molecule is C=C(C)C(=O)NCCCO.COC(C)OC. The van der Waals surface area contributed by atoms with Crippen LogP contribution in [0, 0.1) is 0 Å². The molecule has 5 nitrogen and oxygen atoms in total. The van der Waals surface area contributed by atoms with Crippen molar-refractivity contribution in [3.8, 4) is 0 Å². The molecule has 0 spiro atoms. The van der Waals surface area contributed by atoms with Gasteiger partial charge in [-0.05, 0) is 20.3 Å². The zero-order valence-corrected chi connectivity index (χ0v) is 10.6. The van der Waals surface area contributed by atoms with Crippen molar-refractivity contribution in [2.24, 2.45) is 0 Å². The molecule has 1 amide bonds. The second kappa shape index (κ2) is 12.2. The van der Waals surface area contributed by atoms with Gasteiger partial charge in [0.15, 0.2) is 6.29 Å². The minimum Gasteiger partial charge on any atom is -0.396 e. The number of nitrogens with one attached hydrogen (secondary N) is 1. The number of ether oxygens (including phenoxy) is 2. The molecule has 0 aliphatic rings. The summed E-state index contributed by atoms with van der Waals surface area (Å²) in [7, 11) is 3.21. The predicted octanol–water partition coefficient (Wildman–Crippen LogP) is 0.686. The van der Waals surface area contributed by atoms with Crippen LogP contribution in [0.25, 0.3) is 0 Å². The van der Waals surface area contributed by atoms with Crippen molar-refractivity contribution < 1.29 is 19.4 Å². The monoisotopic (exact) mass is 233 g/mol. The number of hydrogen-bond acceptors (Lipinski definition) is 4. The number of amides is 1. The van der Waals surface area contributed by atoms with Gasteiger partial charge in [0, 0.05) is 32.9 Å². The molecule has 0 radical (unpaired) electrons. The molecule has 0 unspecified atom stereocenters. The van der Waals surface area contributed by atoms with E-state index in [2.05, 4.69) is 21.4 Å². The first-order valence-corrected chi connectivity index (χ1v) is 5.09. The Labute approximate surface area is 97.4 Å². The third-order valence-corrected chi connectivity index (χ3v) is 1.67. The lowest BCUT2D eigenvalue weighted by molar-refractivity contribution is -0.117. The number of carbonyl (C=O) groups is 1. The summed E-state index contributed by atoms with van der Waals surface area (Å²) in [6.45, 7) is 7.56. The minimum absolute atomic E-state index is 0.0648. The fourth-order valence-corrected chi connectivity index (χ4v) is 0.528. The van der Waals surface area contributed by atoms with E-state index in [-0.39, 0.29) is 18.8 Å². The van der Waals surface area contributed by atoms with E-state index >= 15 is 0 Å². The van der Waals surface area contributed by atoms with Gasteiger partial charge in [0.1, 0.15) is 0 Å². The Balaban J connectivity index is 0. The number of aliphatic hydroxyl groups excluding tert-OH is 1. The molecule has 0 aromatic rings. The van der Waals surface area contributed by atoms with Crippen LogP contribution in [0.5, 0.6) is 0 Å². The van der Waals surface area contributed by atoms with Crippen LogP contribution in [0.2, 0.25) is 0 Å². The Hall–Kier alpha value is -0.910. The molecule has 0 aliphatic heterocycles. The summed E-state index contributed by atoms with van der Waals surface area (Å²) in [5, 5.41) is 10.9. The fourth-order valence-electron chi connectivity index (χ4n) is 0.528. The molecule has 0 heterocycles. The maximum Gasteiger partial charge on any atom is 0.246 e. The quantitative estimate of drug-likeness (QED) is 0.402. The molecule has 0 aromatic carbocycles. The molecule has 0 saturated carbocycles. The molecule has 16 heavy (non-hydrogen) atoms. The first-order chi connectivity index (χ1) is 7.49. The smallest absolute Gasteiger partial charge is 0.246 e. The van der Waals surface area contributed by atoms with E-state index < -0.39 is 0 Å². The van der Waals surface area contributed by atoms with Crippen molar-refractivity contribution in [3.05, 3.63) is 12.2 Å². The minimum atomic E-state index is -0.145. The first kappa shape index (κ1) is 17.5. The lowest BCUT2D eigenvalue weighted by atomic mass is 10.3. The van der Waals surface area contributed by atoms with Crippen LogP contribution in [0.15, 0.2) is 12.2 Å². The molecule has 0 rings (SSSR count). The highest BCUT2D eigenvalue weighted by Gasteiger charge is 1.97. The van der Waals surface area contributed by atoms with Gasteiger partial charge in [0.2, 0.25) is 5.91 Å². The maximum atomic E-state index is 10.7. The van der Waals surface area contributed by atoms with Crippen LogP contribution in [0.3, 0.4) is 0 Å². The van der Waals surface area contributed by atoms with Gasteiger partial charge in [0.05, 0.1) is 0 Å². The Kier molecular flexibility index (Phi) is 13.3. The average molecular weight is 233 g/mol. The van der Waals surface area contributed by atoms with Crippen molar-refractivity contribution >= 4 is 5.91 Å². The Morgan fingerprint density at radius 1 is 1.44 bits per heavy atom. The van der Waals surface area contributed by atoms with Crippen LogP contribution in [0.1, 0.15) is 20.3 Å². The summed E-state index contributed by atoms with van der Waals surface area (Å²) in [6, 6.07) is 0. The third-order valence-electron chi connectivity index (χ3n) is 1.67. The van der Waals surface area contributed by atoms with Crippen molar-refractivity contribution in [1.29, 1.82) is 0 Å². The molecule has 0 aromatic heterocycles. The van der Waals surface area contributed by atoms with Gasteiger partial charge in [-0.25, -0.2) is 0 Å². The highest BCUT2D eigenvalue weighted by atomic mass is 16.7. The van der Waals surface area contributed by atoms with E-state index in [0.29, 0.717) is 18.5 Å². The number of carbonyl (C=O) groups excluding carboxylic acids is 1. The van der Waals surface area contributed by atoms with Gasteiger partial charge in [0.25, 0.3) is 0 Å². The topological polar surface area (TPSA) is 67.8 Å². The van der Waals surface area contributed by atoms with Crippen LogP contribution in [-0.2, 0) is 14.3 Å². The van der Waals surface area contributed by atoms with Crippen molar-refractivity contribution in [2.45, 2.75) is 26.6 Å². The van der Waals surface area contributed by atoms with Gasteiger partial charge in [-0.3, -0.25) is 4.79 Å².